The minimum Gasteiger partial charge on any atom is -0.476 e. The van der Waals surface area contributed by atoms with E-state index in [4.69, 9.17) is 5.11 Å². The first-order chi connectivity index (χ1) is 8.00. The molecule has 94 valence electrons. The smallest absolute Gasteiger partial charge is 0.356 e. The number of hydrogen-bond acceptors (Lipinski definition) is 5. The van der Waals surface area contributed by atoms with Crippen molar-refractivity contribution >= 4 is 11.8 Å². The van der Waals surface area contributed by atoms with Crippen molar-refractivity contribution in [1.29, 1.82) is 0 Å². The second-order valence-electron chi connectivity index (χ2n) is 3.89. The molecule has 6 heteroatoms. The highest BCUT2D eigenvalue weighted by Crippen LogP contribution is 2.15. The van der Waals surface area contributed by atoms with Gasteiger partial charge >= 0.3 is 5.97 Å². The molecule has 0 saturated heterocycles. The number of carboxylic acids is 1. The third-order valence-corrected chi connectivity index (χ3v) is 2.80. The van der Waals surface area contributed by atoms with Crippen LogP contribution in [-0.4, -0.2) is 38.5 Å². The van der Waals surface area contributed by atoms with Gasteiger partial charge in [-0.2, -0.15) is 0 Å². The predicted molar refractivity (Wildman–Crippen MR) is 63.0 cm³/mol. The first kappa shape index (κ1) is 13.4. The second kappa shape index (κ2) is 5.58. The number of carboxylic acid groups (broad SMARTS) is 1. The van der Waals surface area contributed by atoms with Gasteiger partial charge in [0.05, 0.1) is 5.60 Å². The first-order valence-corrected chi connectivity index (χ1v) is 5.54. The number of nitrogens with one attached hydrogen (secondary N) is 1. The number of aliphatic hydroxyl groups is 1. The Morgan fingerprint density at radius 3 is 2.41 bits per heavy atom. The van der Waals surface area contributed by atoms with Crippen LogP contribution in [0.3, 0.4) is 0 Å². The van der Waals surface area contributed by atoms with Gasteiger partial charge in [-0.15, -0.1) is 10.2 Å². The van der Waals surface area contributed by atoms with E-state index >= 15 is 0 Å². The summed E-state index contributed by atoms with van der Waals surface area (Å²) in [6.45, 7) is 4.18. The molecule has 3 N–H and O–H groups in total. The lowest BCUT2D eigenvalue weighted by Crippen LogP contribution is -2.35. The number of hydrogen-bond donors (Lipinski definition) is 3. The normalized spacial score (nSPS) is 11.2. The summed E-state index contributed by atoms with van der Waals surface area (Å²) in [6, 6.07) is 2.90. The molecule has 1 aromatic rings. The zero-order valence-electron chi connectivity index (χ0n) is 9.97. The minimum atomic E-state index is -1.11. The zero-order chi connectivity index (χ0) is 12.9. The number of carbonyl (C=O) groups is 1. The fraction of sp³-hybridized carbons (Fsp3) is 0.545. The number of aromatic carboxylic acids is 1. The maximum atomic E-state index is 10.6. The van der Waals surface area contributed by atoms with Gasteiger partial charge in [0.2, 0.25) is 0 Å². The molecule has 0 fully saturated rings. The Kier molecular flexibility index (Phi) is 4.39. The van der Waals surface area contributed by atoms with Crippen LogP contribution in [0.25, 0.3) is 0 Å². The Balaban J connectivity index is 2.61. The van der Waals surface area contributed by atoms with Crippen LogP contribution in [0, 0.1) is 0 Å². The molecular formula is C11H17N3O3. The highest BCUT2D eigenvalue weighted by Gasteiger charge is 2.21. The van der Waals surface area contributed by atoms with E-state index in [0.29, 0.717) is 25.2 Å². The number of rotatable bonds is 6. The van der Waals surface area contributed by atoms with Crippen molar-refractivity contribution in [3.8, 4) is 0 Å². The van der Waals surface area contributed by atoms with Crippen molar-refractivity contribution in [3.63, 3.8) is 0 Å². The molecule has 1 aromatic heterocycles. The third kappa shape index (κ3) is 3.67. The summed E-state index contributed by atoms with van der Waals surface area (Å²) in [5, 5.41) is 28.9. The van der Waals surface area contributed by atoms with Crippen LogP contribution in [0.2, 0.25) is 0 Å². The standard InChI is InChI=1S/C11H17N3O3/c1-3-11(17,4-2)7-12-9-6-5-8(10(15)16)13-14-9/h5-6,17H,3-4,7H2,1-2H3,(H,12,14)(H,15,16). The van der Waals surface area contributed by atoms with Crippen molar-refractivity contribution in [3.05, 3.63) is 17.8 Å². The van der Waals surface area contributed by atoms with Crippen LogP contribution in [-0.2, 0) is 0 Å². The van der Waals surface area contributed by atoms with E-state index in [1.165, 1.54) is 12.1 Å². The van der Waals surface area contributed by atoms with E-state index in [2.05, 4.69) is 15.5 Å². The molecule has 0 radical (unpaired) electrons. The molecule has 0 aliphatic rings. The van der Waals surface area contributed by atoms with Crippen LogP contribution in [0.1, 0.15) is 37.2 Å². The van der Waals surface area contributed by atoms with E-state index in [0.717, 1.165) is 0 Å². The van der Waals surface area contributed by atoms with E-state index in [1.54, 1.807) is 0 Å². The van der Waals surface area contributed by atoms with Crippen molar-refractivity contribution in [1.82, 2.24) is 10.2 Å². The Labute approximate surface area is 99.7 Å². The predicted octanol–water partition coefficient (Wildman–Crippen LogP) is 1.14. The van der Waals surface area contributed by atoms with Gasteiger partial charge in [-0.05, 0) is 25.0 Å². The molecule has 0 atom stereocenters. The van der Waals surface area contributed by atoms with Crippen molar-refractivity contribution in [2.24, 2.45) is 0 Å². The molecular weight excluding hydrogens is 222 g/mol. The van der Waals surface area contributed by atoms with Crippen LogP contribution >= 0.6 is 0 Å². The molecule has 0 aromatic carbocycles. The van der Waals surface area contributed by atoms with E-state index in [9.17, 15) is 9.90 Å². The molecule has 6 nitrogen and oxygen atoms in total. The van der Waals surface area contributed by atoms with Crippen LogP contribution in [0.5, 0.6) is 0 Å². The highest BCUT2D eigenvalue weighted by molar-refractivity contribution is 5.85. The zero-order valence-corrected chi connectivity index (χ0v) is 9.97. The molecule has 0 spiro atoms. The summed E-state index contributed by atoms with van der Waals surface area (Å²) in [7, 11) is 0. The summed E-state index contributed by atoms with van der Waals surface area (Å²) in [6.07, 6.45) is 1.27. The average Bonchev–Trinajstić information content (AvgIpc) is 2.36. The summed E-state index contributed by atoms with van der Waals surface area (Å²) in [4.78, 5) is 10.6. The lowest BCUT2D eigenvalue weighted by molar-refractivity contribution is 0.0456. The van der Waals surface area contributed by atoms with Gasteiger partial charge in [-0.25, -0.2) is 4.79 Å². The van der Waals surface area contributed by atoms with Crippen molar-refractivity contribution < 1.29 is 15.0 Å². The topological polar surface area (TPSA) is 95.3 Å². The summed E-state index contributed by atoms with van der Waals surface area (Å²) < 4.78 is 0. The lowest BCUT2D eigenvalue weighted by atomic mass is 9.98. The van der Waals surface area contributed by atoms with Crippen LogP contribution in [0.15, 0.2) is 12.1 Å². The molecule has 0 unspecified atom stereocenters. The third-order valence-electron chi connectivity index (χ3n) is 2.80. The van der Waals surface area contributed by atoms with Gasteiger partial charge in [0, 0.05) is 6.54 Å². The number of nitrogens with zero attached hydrogens (tertiary/aromatic N) is 2. The average molecular weight is 239 g/mol. The Morgan fingerprint density at radius 1 is 1.35 bits per heavy atom. The molecule has 0 aliphatic heterocycles. The molecule has 0 bridgehead atoms. The molecule has 0 aliphatic carbocycles. The SMILES string of the molecule is CCC(O)(CC)CNc1ccc(C(=O)O)nn1. The van der Waals surface area contributed by atoms with Gasteiger partial charge < -0.3 is 15.5 Å². The van der Waals surface area contributed by atoms with Gasteiger partial charge in [-0.1, -0.05) is 13.8 Å². The maximum absolute atomic E-state index is 10.6. The lowest BCUT2D eigenvalue weighted by Gasteiger charge is -2.25. The quantitative estimate of drug-likeness (QED) is 0.689. The molecule has 0 amide bonds. The molecule has 17 heavy (non-hydrogen) atoms. The first-order valence-electron chi connectivity index (χ1n) is 5.54. The van der Waals surface area contributed by atoms with Crippen LogP contribution in [0.4, 0.5) is 5.82 Å². The molecule has 1 heterocycles. The Hall–Kier alpha value is -1.69. The summed E-state index contributed by atoms with van der Waals surface area (Å²) in [5.41, 5.74) is -0.871. The highest BCUT2D eigenvalue weighted by atomic mass is 16.4. The van der Waals surface area contributed by atoms with Crippen molar-refractivity contribution in [2.45, 2.75) is 32.3 Å². The van der Waals surface area contributed by atoms with E-state index in [-0.39, 0.29) is 5.69 Å². The summed E-state index contributed by atoms with van der Waals surface area (Å²) in [5.74, 6) is -0.655. The minimum absolute atomic E-state index is 0.100. The maximum Gasteiger partial charge on any atom is 0.356 e. The number of anilines is 1. The van der Waals surface area contributed by atoms with Gasteiger partial charge in [0.25, 0.3) is 0 Å². The van der Waals surface area contributed by atoms with Gasteiger partial charge in [0.15, 0.2) is 5.69 Å². The second-order valence-corrected chi connectivity index (χ2v) is 3.89. The number of aromatic nitrogens is 2. The Morgan fingerprint density at radius 2 is 2.00 bits per heavy atom. The Bertz CT molecular complexity index is 374. The van der Waals surface area contributed by atoms with Gasteiger partial charge in [-0.3, -0.25) is 0 Å². The van der Waals surface area contributed by atoms with E-state index < -0.39 is 11.6 Å². The molecule has 0 saturated carbocycles. The fourth-order valence-corrected chi connectivity index (χ4v) is 1.30. The largest absolute Gasteiger partial charge is 0.476 e. The van der Waals surface area contributed by atoms with Crippen molar-refractivity contribution in [2.75, 3.05) is 11.9 Å². The van der Waals surface area contributed by atoms with Gasteiger partial charge in [0.1, 0.15) is 5.82 Å². The summed E-state index contributed by atoms with van der Waals surface area (Å²) >= 11 is 0. The van der Waals surface area contributed by atoms with E-state index in [1.807, 2.05) is 13.8 Å². The van der Waals surface area contributed by atoms with Crippen LogP contribution < -0.4 is 5.32 Å². The molecule has 1 rings (SSSR count). The monoisotopic (exact) mass is 239 g/mol. The fourth-order valence-electron chi connectivity index (χ4n) is 1.30.